The third-order valence-electron chi connectivity index (χ3n) is 5.04. The monoisotopic (exact) mass is 368 g/mol. The zero-order valence-electron chi connectivity index (χ0n) is 15.4. The van der Waals surface area contributed by atoms with Gasteiger partial charge in [-0.25, -0.2) is 0 Å². The van der Waals surface area contributed by atoms with Gasteiger partial charge in [0, 0.05) is 23.2 Å². The molecule has 2 N–H and O–H groups in total. The first-order chi connectivity index (χ1) is 12.7. The number of aromatic amines is 2. The summed E-state index contributed by atoms with van der Waals surface area (Å²) >= 11 is 0. The Kier molecular flexibility index (Phi) is 3.62. The number of carbonyl (C=O) groups excluding carboxylic acids is 3. The third kappa shape index (κ3) is 2.59. The molecule has 1 aromatic heterocycles. The van der Waals surface area contributed by atoms with Crippen LogP contribution in [0.15, 0.2) is 23.0 Å². The smallest absolute Gasteiger partial charge is 0.267 e. The predicted molar refractivity (Wildman–Crippen MR) is 96.6 cm³/mol. The molecule has 3 heterocycles. The van der Waals surface area contributed by atoms with Gasteiger partial charge in [0.2, 0.25) is 0 Å². The maximum absolute atomic E-state index is 12.9. The standard InChI is InChI=1S/C19H20N4O4/c1-19(2,3)23-17(26)11-5-4-10(8-13(11)18(23)27)16(25)22-7-6-12-14(9-22)20-21-15(12)24/h4-5,8H,6-7,9H2,1-3H3,(H2,20,21,24). The van der Waals surface area contributed by atoms with Crippen LogP contribution in [0.2, 0.25) is 0 Å². The normalized spacial score (nSPS) is 16.6. The highest BCUT2D eigenvalue weighted by atomic mass is 16.2. The lowest BCUT2D eigenvalue weighted by molar-refractivity contribution is 0.0507. The van der Waals surface area contributed by atoms with Crippen LogP contribution < -0.4 is 5.56 Å². The summed E-state index contributed by atoms with van der Waals surface area (Å²) in [6, 6.07) is 4.62. The molecule has 8 heteroatoms. The van der Waals surface area contributed by atoms with E-state index in [1.807, 2.05) is 0 Å². The number of nitrogens with zero attached hydrogens (tertiary/aromatic N) is 2. The first-order valence-electron chi connectivity index (χ1n) is 8.79. The number of carbonyl (C=O) groups is 3. The Bertz CT molecular complexity index is 1040. The molecule has 0 atom stereocenters. The Labute approximate surface area is 155 Å². The number of imide groups is 1. The topological polar surface area (TPSA) is 106 Å². The van der Waals surface area contributed by atoms with E-state index >= 15 is 0 Å². The minimum Gasteiger partial charge on any atom is -0.332 e. The number of hydrogen-bond donors (Lipinski definition) is 2. The zero-order valence-corrected chi connectivity index (χ0v) is 15.4. The molecule has 0 aliphatic carbocycles. The highest BCUT2D eigenvalue weighted by Gasteiger charge is 2.42. The van der Waals surface area contributed by atoms with Gasteiger partial charge < -0.3 is 10.00 Å². The molecule has 2 aliphatic heterocycles. The van der Waals surface area contributed by atoms with E-state index in [0.717, 1.165) is 0 Å². The number of fused-ring (bicyclic) bond motifs is 2. The first kappa shape index (κ1) is 17.3. The Balaban J connectivity index is 1.63. The number of rotatable bonds is 1. The van der Waals surface area contributed by atoms with E-state index in [2.05, 4.69) is 10.2 Å². The van der Waals surface area contributed by atoms with Gasteiger partial charge in [-0.3, -0.25) is 29.2 Å². The minimum atomic E-state index is -0.638. The van der Waals surface area contributed by atoms with E-state index in [4.69, 9.17) is 0 Å². The SMILES string of the molecule is CC(C)(C)N1C(=O)c2ccc(C(=O)N3CCc4c([nH][nH]c4=O)C3)cc2C1=O. The van der Waals surface area contributed by atoms with Gasteiger partial charge >= 0.3 is 0 Å². The maximum Gasteiger partial charge on any atom is 0.267 e. The van der Waals surface area contributed by atoms with E-state index in [0.29, 0.717) is 41.9 Å². The van der Waals surface area contributed by atoms with Gasteiger partial charge in [-0.15, -0.1) is 0 Å². The van der Waals surface area contributed by atoms with Gasteiger partial charge in [0.05, 0.1) is 23.4 Å². The molecule has 0 saturated heterocycles. The molecule has 2 aromatic rings. The van der Waals surface area contributed by atoms with E-state index in [9.17, 15) is 19.2 Å². The number of H-pyrrole nitrogens is 2. The second-order valence-corrected chi connectivity index (χ2v) is 7.89. The van der Waals surface area contributed by atoms with Crippen molar-refractivity contribution in [2.24, 2.45) is 0 Å². The molecular weight excluding hydrogens is 348 g/mol. The molecule has 27 heavy (non-hydrogen) atoms. The Morgan fingerprint density at radius 3 is 2.44 bits per heavy atom. The highest BCUT2D eigenvalue weighted by Crippen LogP contribution is 2.30. The molecule has 3 amide bonds. The molecular formula is C19H20N4O4. The summed E-state index contributed by atoms with van der Waals surface area (Å²) in [4.78, 5) is 52.7. The number of nitrogens with one attached hydrogen (secondary N) is 2. The molecule has 0 spiro atoms. The maximum atomic E-state index is 12.9. The van der Waals surface area contributed by atoms with Crippen LogP contribution >= 0.6 is 0 Å². The number of aromatic nitrogens is 2. The fourth-order valence-corrected chi connectivity index (χ4v) is 3.68. The van der Waals surface area contributed by atoms with Crippen molar-refractivity contribution in [3.8, 4) is 0 Å². The predicted octanol–water partition coefficient (Wildman–Crippen LogP) is 1.30. The summed E-state index contributed by atoms with van der Waals surface area (Å²) in [5.41, 5.74) is 1.52. The van der Waals surface area contributed by atoms with Crippen molar-refractivity contribution in [3.63, 3.8) is 0 Å². The quantitative estimate of drug-likeness (QED) is 0.740. The molecule has 140 valence electrons. The molecule has 0 fully saturated rings. The van der Waals surface area contributed by atoms with Crippen molar-refractivity contribution in [2.75, 3.05) is 6.54 Å². The Morgan fingerprint density at radius 2 is 1.74 bits per heavy atom. The summed E-state index contributed by atoms with van der Waals surface area (Å²) in [6.45, 7) is 6.10. The fraction of sp³-hybridized carbons (Fsp3) is 0.368. The van der Waals surface area contributed by atoms with Crippen LogP contribution in [-0.2, 0) is 13.0 Å². The summed E-state index contributed by atoms with van der Waals surface area (Å²) < 4.78 is 0. The number of hydrogen-bond acceptors (Lipinski definition) is 4. The van der Waals surface area contributed by atoms with Crippen molar-refractivity contribution in [1.29, 1.82) is 0 Å². The van der Waals surface area contributed by atoms with E-state index in [1.165, 1.54) is 11.0 Å². The lowest BCUT2D eigenvalue weighted by atomic mass is 10.0. The molecule has 2 aliphatic rings. The second kappa shape index (κ2) is 5.67. The van der Waals surface area contributed by atoms with Crippen LogP contribution in [0.25, 0.3) is 0 Å². The average molecular weight is 368 g/mol. The van der Waals surface area contributed by atoms with Gasteiger partial charge in [-0.1, -0.05) is 0 Å². The van der Waals surface area contributed by atoms with Gasteiger partial charge in [0.25, 0.3) is 23.3 Å². The first-order valence-corrected chi connectivity index (χ1v) is 8.79. The van der Waals surface area contributed by atoms with Crippen molar-refractivity contribution >= 4 is 17.7 Å². The van der Waals surface area contributed by atoms with E-state index in [-0.39, 0.29) is 28.8 Å². The molecule has 0 radical (unpaired) electrons. The average Bonchev–Trinajstić information content (AvgIpc) is 3.11. The van der Waals surface area contributed by atoms with Crippen molar-refractivity contribution < 1.29 is 14.4 Å². The second-order valence-electron chi connectivity index (χ2n) is 7.89. The molecule has 4 rings (SSSR count). The molecule has 8 nitrogen and oxygen atoms in total. The van der Waals surface area contributed by atoms with E-state index in [1.54, 1.807) is 37.8 Å². The van der Waals surface area contributed by atoms with E-state index < -0.39 is 5.54 Å². The summed E-state index contributed by atoms with van der Waals surface area (Å²) in [5, 5.41) is 5.34. The Hall–Kier alpha value is -3.16. The third-order valence-corrected chi connectivity index (χ3v) is 5.04. The molecule has 0 saturated carbocycles. The highest BCUT2D eigenvalue weighted by molar-refractivity contribution is 6.22. The van der Waals surface area contributed by atoms with Crippen LogP contribution in [0.5, 0.6) is 0 Å². The minimum absolute atomic E-state index is 0.152. The largest absolute Gasteiger partial charge is 0.332 e. The number of benzene rings is 1. The molecule has 1 aromatic carbocycles. The Morgan fingerprint density at radius 1 is 1.04 bits per heavy atom. The van der Waals surface area contributed by atoms with Gasteiger partial charge in [-0.05, 0) is 45.4 Å². The summed E-state index contributed by atoms with van der Waals surface area (Å²) in [7, 11) is 0. The lowest BCUT2D eigenvalue weighted by Crippen LogP contribution is -2.45. The van der Waals surface area contributed by atoms with Crippen LogP contribution in [0.1, 0.15) is 63.1 Å². The molecule has 0 bridgehead atoms. The van der Waals surface area contributed by atoms with Crippen LogP contribution in [0.4, 0.5) is 0 Å². The van der Waals surface area contributed by atoms with Crippen LogP contribution in [-0.4, -0.2) is 49.8 Å². The van der Waals surface area contributed by atoms with Gasteiger partial charge in [-0.2, -0.15) is 0 Å². The van der Waals surface area contributed by atoms with Gasteiger partial charge in [0.15, 0.2) is 0 Å². The summed E-state index contributed by atoms with van der Waals surface area (Å²) in [5.74, 6) is -0.956. The van der Waals surface area contributed by atoms with Crippen molar-refractivity contribution in [2.45, 2.75) is 39.3 Å². The number of amides is 3. The van der Waals surface area contributed by atoms with Crippen molar-refractivity contribution in [1.82, 2.24) is 20.0 Å². The fourth-order valence-electron chi connectivity index (χ4n) is 3.68. The molecule has 0 unspecified atom stereocenters. The lowest BCUT2D eigenvalue weighted by Gasteiger charge is -2.29. The summed E-state index contributed by atoms with van der Waals surface area (Å²) in [6.07, 6.45) is 0.472. The van der Waals surface area contributed by atoms with Crippen LogP contribution in [0.3, 0.4) is 0 Å². The van der Waals surface area contributed by atoms with Crippen molar-refractivity contribution in [3.05, 3.63) is 56.5 Å². The van der Waals surface area contributed by atoms with Gasteiger partial charge in [0.1, 0.15) is 0 Å². The zero-order chi connectivity index (χ0) is 19.5. The van der Waals surface area contributed by atoms with Crippen LogP contribution in [0, 0.1) is 0 Å².